The van der Waals surface area contributed by atoms with Gasteiger partial charge in [-0.1, -0.05) is 28.3 Å². The Kier molecular flexibility index (Phi) is 7.86. The van der Waals surface area contributed by atoms with Gasteiger partial charge in [-0.05, 0) is 56.0 Å². The van der Waals surface area contributed by atoms with E-state index in [1.165, 1.54) is 16.3 Å². The van der Waals surface area contributed by atoms with Crippen LogP contribution in [0.2, 0.25) is 0 Å². The summed E-state index contributed by atoms with van der Waals surface area (Å²) in [5.74, 6) is 0.138. The lowest BCUT2D eigenvalue weighted by Gasteiger charge is -2.18. The second-order valence-electron chi connectivity index (χ2n) is 8.34. The highest BCUT2D eigenvalue weighted by Crippen LogP contribution is 2.45. The SMILES string of the molecule is CC/C=C/C(C#N)=C(\C=C(/C)OC)c1ccc(C2(NC(=O)c3cc(C(F)(F)P)nn3C)CC2)cn1. The molecule has 7 nitrogen and oxygen atoms in total. The number of nitrogens with one attached hydrogen (secondary N) is 1. The van der Waals surface area contributed by atoms with Gasteiger partial charge in [0.2, 0.25) is 0 Å². The second kappa shape index (κ2) is 10.5. The fourth-order valence-electron chi connectivity index (χ4n) is 3.55. The number of alkyl halides is 2. The Hall–Kier alpha value is -3.37. The number of amides is 1. The lowest BCUT2D eigenvalue weighted by Crippen LogP contribution is -2.36. The van der Waals surface area contributed by atoms with Gasteiger partial charge in [-0.3, -0.25) is 14.5 Å². The maximum absolute atomic E-state index is 13.6. The van der Waals surface area contributed by atoms with Crippen molar-refractivity contribution in [1.29, 1.82) is 5.26 Å². The first-order valence-electron chi connectivity index (χ1n) is 11.1. The van der Waals surface area contributed by atoms with Gasteiger partial charge >= 0.3 is 5.66 Å². The molecule has 2 heterocycles. The average Bonchev–Trinajstić information content (AvgIpc) is 3.49. The van der Waals surface area contributed by atoms with Crippen molar-refractivity contribution < 1.29 is 18.3 Å². The molecule has 10 heteroatoms. The first-order chi connectivity index (χ1) is 16.5. The van der Waals surface area contributed by atoms with E-state index in [1.54, 1.807) is 38.4 Å². The lowest BCUT2D eigenvalue weighted by atomic mass is 10.0. The van der Waals surface area contributed by atoms with Crippen LogP contribution < -0.4 is 5.32 Å². The van der Waals surface area contributed by atoms with Gasteiger partial charge in [0.05, 0.1) is 35.7 Å². The van der Waals surface area contributed by atoms with Crippen LogP contribution in [0, 0.1) is 11.3 Å². The van der Waals surface area contributed by atoms with Gasteiger partial charge in [-0.15, -0.1) is 0 Å². The predicted molar refractivity (Wildman–Crippen MR) is 132 cm³/mol. The number of halogens is 2. The number of allylic oxidation sites excluding steroid dienone is 6. The van der Waals surface area contributed by atoms with Crippen molar-refractivity contribution in [2.45, 2.75) is 44.3 Å². The predicted octanol–water partition coefficient (Wildman–Crippen LogP) is 4.95. The van der Waals surface area contributed by atoms with E-state index in [0.29, 0.717) is 35.4 Å². The van der Waals surface area contributed by atoms with Gasteiger partial charge in [0.25, 0.3) is 5.91 Å². The van der Waals surface area contributed by atoms with E-state index >= 15 is 0 Å². The van der Waals surface area contributed by atoms with Crippen LogP contribution in [0.15, 0.2) is 54.0 Å². The number of aromatic nitrogens is 3. The summed E-state index contributed by atoms with van der Waals surface area (Å²) in [5.41, 5.74) is -1.83. The van der Waals surface area contributed by atoms with Crippen LogP contribution in [0.25, 0.3) is 5.57 Å². The van der Waals surface area contributed by atoms with Crippen LogP contribution in [0.4, 0.5) is 8.78 Å². The number of hydrogen-bond donors (Lipinski definition) is 1. The maximum atomic E-state index is 13.6. The molecule has 2 aromatic heterocycles. The molecule has 35 heavy (non-hydrogen) atoms. The Morgan fingerprint density at radius 2 is 2.14 bits per heavy atom. The molecule has 1 saturated carbocycles. The van der Waals surface area contributed by atoms with Crippen molar-refractivity contribution in [1.82, 2.24) is 20.1 Å². The molecule has 1 aliphatic carbocycles. The molecule has 0 saturated heterocycles. The second-order valence-corrected chi connectivity index (χ2v) is 9.06. The number of pyridine rings is 1. The number of carbonyl (C=O) groups is 1. The average molecular weight is 500 g/mol. The highest BCUT2D eigenvalue weighted by molar-refractivity contribution is 7.17. The van der Waals surface area contributed by atoms with Crippen molar-refractivity contribution in [3.8, 4) is 6.07 Å². The topological polar surface area (TPSA) is 92.8 Å². The van der Waals surface area contributed by atoms with E-state index in [4.69, 9.17) is 4.74 Å². The molecule has 0 radical (unpaired) electrons. The van der Waals surface area contributed by atoms with Crippen LogP contribution in [0.1, 0.15) is 60.5 Å². The van der Waals surface area contributed by atoms with Gasteiger partial charge in [-0.25, -0.2) is 0 Å². The summed E-state index contributed by atoms with van der Waals surface area (Å²) in [6.07, 6.45) is 9.26. The Balaban J connectivity index is 1.89. The molecule has 0 aromatic carbocycles. The fraction of sp³-hybridized carbons (Fsp3) is 0.360. The minimum absolute atomic E-state index is 0.0461. The maximum Gasteiger partial charge on any atom is 0.302 e. The number of carbonyl (C=O) groups excluding carboxylic acids is 1. The Labute approximate surface area is 205 Å². The van der Waals surface area contributed by atoms with Crippen molar-refractivity contribution in [3.05, 3.63) is 76.6 Å². The zero-order valence-corrected chi connectivity index (χ0v) is 21.3. The van der Waals surface area contributed by atoms with Crippen LogP contribution in [0.3, 0.4) is 0 Å². The number of rotatable bonds is 9. The summed E-state index contributed by atoms with van der Waals surface area (Å²) < 4.78 is 33.6. The van der Waals surface area contributed by atoms with E-state index in [9.17, 15) is 18.8 Å². The van der Waals surface area contributed by atoms with Crippen molar-refractivity contribution in [2.24, 2.45) is 7.05 Å². The number of ether oxygens (including phenoxy) is 1. The molecule has 1 atom stereocenters. The van der Waals surface area contributed by atoms with Crippen LogP contribution >= 0.6 is 9.24 Å². The highest BCUT2D eigenvalue weighted by Gasteiger charge is 2.46. The Morgan fingerprint density at radius 1 is 1.43 bits per heavy atom. The summed E-state index contributed by atoms with van der Waals surface area (Å²) >= 11 is 0. The molecular weight excluding hydrogens is 471 g/mol. The fourth-order valence-corrected chi connectivity index (χ4v) is 3.69. The molecule has 1 fully saturated rings. The Bertz CT molecular complexity index is 1230. The largest absolute Gasteiger partial charge is 0.501 e. The minimum Gasteiger partial charge on any atom is -0.501 e. The van der Waals surface area contributed by atoms with E-state index in [2.05, 4.69) is 21.5 Å². The number of aryl methyl sites for hydroxylation is 1. The van der Waals surface area contributed by atoms with Crippen LogP contribution in [0.5, 0.6) is 0 Å². The summed E-state index contributed by atoms with van der Waals surface area (Å²) in [6.45, 7) is 3.77. The molecule has 3 rings (SSSR count). The summed E-state index contributed by atoms with van der Waals surface area (Å²) in [4.78, 5) is 17.4. The molecule has 0 spiro atoms. The van der Waals surface area contributed by atoms with E-state index in [0.717, 1.165) is 22.7 Å². The molecular formula is C25H28F2N5O2P. The zero-order valence-electron chi connectivity index (χ0n) is 20.1. The van der Waals surface area contributed by atoms with Gasteiger partial charge in [0, 0.05) is 18.8 Å². The van der Waals surface area contributed by atoms with Crippen LogP contribution in [-0.4, -0.2) is 27.8 Å². The molecule has 184 valence electrons. The standard InChI is InChI=1S/C25H28F2N5O2P/c1-5-6-7-17(14-28)19(12-16(2)34-4)20-9-8-18(15-29-20)24(10-11-24)30-23(33)21-13-22(25(26,27)35)31-32(21)3/h6-9,12-13,15H,5,10-11,35H2,1-4H3,(H,30,33)/b7-6+,16-12+,19-17-. The van der Waals surface area contributed by atoms with Gasteiger partial charge in [0.15, 0.2) is 0 Å². The highest BCUT2D eigenvalue weighted by atomic mass is 31.0. The van der Waals surface area contributed by atoms with E-state index in [1.807, 2.05) is 19.1 Å². The third-order valence-corrected chi connectivity index (χ3v) is 6.04. The molecule has 0 bridgehead atoms. The van der Waals surface area contributed by atoms with Crippen LogP contribution in [-0.2, 0) is 23.0 Å². The first-order valence-corrected chi connectivity index (χ1v) is 11.7. The Morgan fingerprint density at radius 3 is 2.63 bits per heavy atom. The molecule has 0 aliphatic heterocycles. The minimum atomic E-state index is -3.22. The number of nitriles is 1. The summed E-state index contributed by atoms with van der Waals surface area (Å²) in [6, 6.07) is 6.96. The molecule has 1 unspecified atom stereocenters. The normalized spacial score (nSPS) is 16.0. The molecule has 1 N–H and O–H groups in total. The van der Waals surface area contributed by atoms with Crippen molar-refractivity contribution in [3.63, 3.8) is 0 Å². The quantitative estimate of drug-likeness (QED) is 0.228. The smallest absolute Gasteiger partial charge is 0.302 e. The molecule has 2 aromatic rings. The third kappa shape index (κ3) is 6.01. The third-order valence-electron chi connectivity index (χ3n) is 5.75. The van der Waals surface area contributed by atoms with Crippen molar-refractivity contribution >= 4 is 20.7 Å². The van der Waals surface area contributed by atoms with E-state index in [-0.39, 0.29) is 5.69 Å². The van der Waals surface area contributed by atoms with Crippen molar-refractivity contribution in [2.75, 3.05) is 7.11 Å². The lowest BCUT2D eigenvalue weighted by molar-refractivity contribution is 0.0920. The zero-order chi connectivity index (χ0) is 25.8. The summed E-state index contributed by atoms with van der Waals surface area (Å²) in [5, 5.41) is 16.4. The molecule has 1 aliphatic rings. The number of hydrogen-bond acceptors (Lipinski definition) is 5. The van der Waals surface area contributed by atoms with Gasteiger partial charge in [0.1, 0.15) is 11.4 Å². The van der Waals surface area contributed by atoms with E-state index < -0.39 is 22.8 Å². The summed E-state index contributed by atoms with van der Waals surface area (Å²) in [7, 11) is 4.43. The van der Waals surface area contributed by atoms with Gasteiger partial charge < -0.3 is 10.1 Å². The first kappa shape index (κ1) is 26.2. The van der Waals surface area contributed by atoms with Gasteiger partial charge in [-0.2, -0.15) is 19.1 Å². The number of methoxy groups -OCH3 is 1. The molecule has 1 amide bonds. The number of nitrogens with zero attached hydrogens (tertiary/aromatic N) is 4. The monoisotopic (exact) mass is 499 g/mol.